The summed E-state index contributed by atoms with van der Waals surface area (Å²) < 4.78 is 4.59. The first-order valence-electron chi connectivity index (χ1n) is 3.54. The van der Waals surface area contributed by atoms with E-state index in [9.17, 15) is 4.79 Å². The maximum absolute atomic E-state index is 10.6. The molecule has 2 heteroatoms. The first-order valence-corrected chi connectivity index (χ1v) is 3.54. The summed E-state index contributed by atoms with van der Waals surface area (Å²) in [6.07, 6.45) is 6.90. The van der Waals surface area contributed by atoms with Gasteiger partial charge in [-0.1, -0.05) is 18.7 Å². The summed E-state index contributed by atoms with van der Waals surface area (Å²) >= 11 is 0. The Labute approximate surface area is 66.9 Å². The van der Waals surface area contributed by atoms with Crippen molar-refractivity contribution in [2.45, 2.75) is 20.3 Å². The molecule has 0 aromatic carbocycles. The first kappa shape index (κ1) is 9.73. The molecule has 0 aliphatic carbocycles. The van der Waals surface area contributed by atoms with Crippen molar-refractivity contribution in [1.82, 2.24) is 0 Å². The second kappa shape index (κ2) is 6.84. The number of ether oxygens (including phenoxy) is 1. The van der Waals surface area contributed by atoms with Gasteiger partial charge in [0.05, 0.1) is 0 Å². The van der Waals surface area contributed by atoms with Gasteiger partial charge in [-0.15, -0.1) is 0 Å². The Hall–Kier alpha value is -1.27. The third-order valence-corrected chi connectivity index (χ3v) is 0.868. The highest BCUT2D eigenvalue weighted by Gasteiger charge is 1.87. The highest BCUT2D eigenvalue weighted by molar-refractivity contribution is 5.82. The largest absolute Gasteiger partial charge is 0.423 e. The van der Waals surface area contributed by atoms with Gasteiger partial charge in [0.25, 0.3) is 0 Å². The minimum absolute atomic E-state index is 0.371. The van der Waals surface area contributed by atoms with Crippen LogP contribution in [-0.4, -0.2) is 5.97 Å². The highest BCUT2D eigenvalue weighted by atomic mass is 16.5. The molecule has 0 spiro atoms. The molecule has 60 valence electrons. The smallest absolute Gasteiger partial charge is 0.335 e. The van der Waals surface area contributed by atoms with Crippen LogP contribution < -0.4 is 0 Å². The van der Waals surface area contributed by atoms with E-state index in [4.69, 9.17) is 0 Å². The molecule has 0 saturated heterocycles. The molecule has 0 fully saturated rings. The fraction of sp³-hybridized carbons (Fsp3) is 0.333. The monoisotopic (exact) mass is 152 g/mol. The van der Waals surface area contributed by atoms with Crippen LogP contribution in [0.25, 0.3) is 0 Å². The van der Waals surface area contributed by atoms with Crippen molar-refractivity contribution >= 4 is 5.97 Å². The summed E-state index contributed by atoms with van der Waals surface area (Å²) in [6, 6.07) is 0. The van der Waals surface area contributed by atoms with Crippen molar-refractivity contribution < 1.29 is 9.53 Å². The number of carbonyl (C=O) groups excluding carboxylic acids is 1. The van der Waals surface area contributed by atoms with Gasteiger partial charge in [0, 0.05) is 6.08 Å². The normalized spacial score (nSPS) is 8.91. The molecule has 0 aliphatic rings. The van der Waals surface area contributed by atoms with Gasteiger partial charge < -0.3 is 4.74 Å². The Morgan fingerprint density at radius 1 is 1.64 bits per heavy atom. The van der Waals surface area contributed by atoms with Crippen molar-refractivity contribution in [3.8, 4) is 0 Å². The summed E-state index contributed by atoms with van der Waals surface area (Å²) in [7, 11) is 0. The zero-order valence-corrected chi connectivity index (χ0v) is 6.83. The fourth-order valence-electron chi connectivity index (χ4n) is 0.433. The number of hydrogen-bond donors (Lipinski definition) is 0. The van der Waals surface area contributed by atoms with Crippen LogP contribution in [0, 0.1) is 0 Å². The van der Waals surface area contributed by atoms with Gasteiger partial charge >= 0.3 is 5.97 Å². The number of hydrogen-bond acceptors (Lipinski definition) is 2. The fourth-order valence-corrected chi connectivity index (χ4v) is 0.433. The van der Waals surface area contributed by atoms with Gasteiger partial charge in [-0.2, -0.15) is 0 Å². The quantitative estimate of drug-likeness (QED) is 0.268. The van der Waals surface area contributed by atoms with Crippen LogP contribution in [0.1, 0.15) is 20.3 Å². The average molecular weight is 152 g/mol. The molecule has 0 aliphatic heterocycles. The lowest BCUT2D eigenvalue weighted by atomic mass is 10.5. The maximum Gasteiger partial charge on any atom is 0.335 e. The molecule has 0 saturated carbocycles. The lowest BCUT2D eigenvalue weighted by Gasteiger charge is -1.86. The molecule has 0 rings (SSSR count). The number of allylic oxidation sites excluding steroid dienone is 2. The van der Waals surface area contributed by atoms with E-state index in [2.05, 4.69) is 10.5 Å². The third-order valence-electron chi connectivity index (χ3n) is 0.868. The average Bonchev–Trinajstić information content (AvgIpc) is 1.99. The second-order valence-corrected chi connectivity index (χ2v) is 1.83. The van der Waals surface area contributed by atoms with E-state index in [1.165, 1.54) is 12.3 Å². The van der Waals surface area contributed by atoms with Crippen molar-refractivity contribution in [1.29, 1.82) is 0 Å². The van der Waals surface area contributed by atoms with Crippen LogP contribution in [-0.2, 0) is 9.53 Å². The highest BCUT2D eigenvalue weighted by Crippen LogP contribution is 1.82. The third kappa shape index (κ3) is 6.62. The van der Waals surface area contributed by atoms with Crippen molar-refractivity contribution in [2.75, 3.05) is 0 Å². The van der Waals surface area contributed by atoms with Gasteiger partial charge in [-0.05, 0) is 19.4 Å². The Bertz CT molecular complexity index is 196. The van der Waals surface area contributed by atoms with Crippen LogP contribution in [0.15, 0.2) is 30.2 Å². The predicted octanol–water partition coefficient (Wildman–Crippen LogP) is 2.18. The standard InChI is InChI=1S/C9H12O2/c1-3-5-6-8-11-9(10)7-4-2/h4-5,7-8H,3H2,1-2H3/b7-4+. The first-order chi connectivity index (χ1) is 5.31. The topological polar surface area (TPSA) is 26.3 Å². The van der Waals surface area contributed by atoms with Crippen molar-refractivity contribution in [2.24, 2.45) is 0 Å². The van der Waals surface area contributed by atoms with Gasteiger partial charge in [-0.25, -0.2) is 4.79 Å². The van der Waals surface area contributed by atoms with E-state index in [-0.39, 0.29) is 5.97 Å². The summed E-state index contributed by atoms with van der Waals surface area (Å²) in [4.78, 5) is 10.6. The number of esters is 1. The molecule has 0 amide bonds. The minimum Gasteiger partial charge on any atom is -0.423 e. The summed E-state index contributed by atoms with van der Waals surface area (Å²) in [5.74, 6) is -0.371. The maximum atomic E-state index is 10.6. The van der Waals surface area contributed by atoms with Crippen LogP contribution >= 0.6 is 0 Å². The Morgan fingerprint density at radius 2 is 2.36 bits per heavy atom. The number of carbonyl (C=O) groups is 1. The van der Waals surface area contributed by atoms with E-state index < -0.39 is 0 Å². The van der Waals surface area contributed by atoms with Gasteiger partial charge in [0.15, 0.2) is 0 Å². The van der Waals surface area contributed by atoms with Crippen LogP contribution in [0.5, 0.6) is 0 Å². The lowest BCUT2D eigenvalue weighted by Crippen LogP contribution is -1.91. The molecular formula is C9H12O2. The lowest BCUT2D eigenvalue weighted by molar-refractivity contribution is -0.132. The molecule has 0 aromatic rings. The van der Waals surface area contributed by atoms with Crippen LogP contribution in [0.3, 0.4) is 0 Å². The molecule has 2 nitrogen and oxygen atoms in total. The predicted molar refractivity (Wildman–Crippen MR) is 43.9 cm³/mol. The molecule has 0 N–H and O–H groups in total. The molecule has 0 unspecified atom stereocenters. The van der Waals surface area contributed by atoms with Crippen LogP contribution in [0.2, 0.25) is 0 Å². The van der Waals surface area contributed by atoms with Crippen molar-refractivity contribution in [3.05, 3.63) is 30.2 Å². The molecule has 0 heterocycles. The van der Waals surface area contributed by atoms with Gasteiger partial charge in [0.2, 0.25) is 0 Å². The summed E-state index contributed by atoms with van der Waals surface area (Å²) in [5.41, 5.74) is 2.70. The molecular weight excluding hydrogens is 140 g/mol. The van der Waals surface area contributed by atoms with E-state index in [1.54, 1.807) is 19.1 Å². The Balaban J connectivity index is 3.70. The van der Waals surface area contributed by atoms with E-state index >= 15 is 0 Å². The molecule has 0 radical (unpaired) electrons. The molecule has 0 bridgehead atoms. The minimum atomic E-state index is -0.371. The Kier molecular flexibility index (Phi) is 6.05. The molecule has 0 aromatic heterocycles. The van der Waals surface area contributed by atoms with Crippen LogP contribution in [0.4, 0.5) is 0 Å². The SMILES string of the molecule is C/C=C/C(=O)OC=C=CCC. The van der Waals surface area contributed by atoms with Gasteiger partial charge in [-0.3, -0.25) is 0 Å². The number of rotatable bonds is 3. The zero-order chi connectivity index (χ0) is 8.53. The zero-order valence-electron chi connectivity index (χ0n) is 6.83. The van der Waals surface area contributed by atoms with Gasteiger partial charge in [0.1, 0.15) is 6.26 Å². The summed E-state index contributed by atoms with van der Waals surface area (Å²) in [5, 5.41) is 0. The van der Waals surface area contributed by atoms with Crippen molar-refractivity contribution in [3.63, 3.8) is 0 Å². The Morgan fingerprint density at radius 3 is 2.91 bits per heavy atom. The van der Waals surface area contributed by atoms with E-state index in [0.29, 0.717) is 0 Å². The molecule has 0 atom stereocenters. The van der Waals surface area contributed by atoms with E-state index in [1.807, 2.05) is 6.92 Å². The van der Waals surface area contributed by atoms with E-state index in [0.717, 1.165) is 6.42 Å². The molecule has 11 heavy (non-hydrogen) atoms. The summed E-state index contributed by atoms with van der Waals surface area (Å²) in [6.45, 7) is 3.74. The second-order valence-electron chi connectivity index (χ2n) is 1.83.